The average molecular weight is 238 g/mol. The molecule has 2 rings (SSSR count). The van der Waals surface area contributed by atoms with Gasteiger partial charge in [-0.2, -0.15) is 0 Å². The number of nitrogens with zero attached hydrogens (tertiary/aromatic N) is 1. The molecular formula is C13H22N2S. The molecule has 1 atom stereocenters. The SMILES string of the molecule is CCNCC1CCCCN1Cc1cccs1. The number of hydrogen-bond donors (Lipinski definition) is 1. The number of hydrogen-bond acceptors (Lipinski definition) is 3. The molecule has 2 heterocycles. The van der Waals surface area contributed by atoms with Crippen LogP contribution in [0, 0.1) is 0 Å². The third kappa shape index (κ3) is 3.30. The van der Waals surface area contributed by atoms with Gasteiger partial charge in [-0.3, -0.25) is 4.90 Å². The van der Waals surface area contributed by atoms with Crippen molar-refractivity contribution < 1.29 is 0 Å². The zero-order valence-electron chi connectivity index (χ0n) is 10.1. The first kappa shape index (κ1) is 12.1. The fraction of sp³-hybridized carbons (Fsp3) is 0.692. The Kier molecular flexibility index (Phi) is 4.82. The molecule has 0 saturated carbocycles. The maximum atomic E-state index is 3.49. The lowest BCUT2D eigenvalue weighted by molar-refractivity contribution is 0.139. The summed E-state index contributed by atoms with van der Waals surface area (Å²) in [7, 11) is 0. The van der Waals surface area contributed by atoms with E-state index in [2.05, 4.69) is 34.7 Å². The van der Waals surface area contributed by atoms with Crippen molar-refractivity contribution in [3.05, 3.63) is 22.4 Å². The number of piperidine rings is 1. The summed E-state index contributed by atoms with van der Waals surface area (Å²) in [5.74, 6) is 0. The Labute approximate surface area is 103 Å². The van der Waals surface area contributed by atoms with Gasteiger partial charge in [0, 0.05) is 24.0 Å². The van der Waals surface area contributed by atoms with Crippen molar-refractivity contribution in [2.75, 3.05) is 19.6 Å². The fourth-order valence-electron chi connectivity index (χ4n) is 2.41. The van der Waals surface area contributed by atoms with E-state index >= 15 is 0 Å². The van der Waals surface area contributed by atoms with Gasteiger partial charge in [-0.05, 0) is 37.4 Å². The molecule has 0 aliphatic carbocycles. The van der Waals surface area contributed by atoms with Crippen molar-refractivity contribution >= 4 is 11.3 Å². The van der Waals surface area contributed by atoms with Crippen molar-refractivity contribution in [2.24, 2.45) is 0 Å². The second kappa shape index (κ2) is 6.38. The summed E-state index contributed by atoms with van der Waals surface area (Å²) in [5.41, 5.74) is 0. The highest BCUT2D eigenvalue weighted by atomic mass is 32.1. The minimum atomic E-state index is 0.746. The first-order valence-corrected chi connectivity index (χ1v) is 7.25. The summed E-state index contributed by atoms with van der Waals surface area (Å²) in [6, 6.07) is 5.16. The summed E-state index contributed by atoms with van der Waals surface area (Å²) in [4.78, 5) is 4.15. The van der Waals surface area contributed by atoms with Gasteiger partial charge in [0.2, 0.25) is 0 Å². The van der Waals surface area contributed by atoms with Crippen LogP contribution >= 0.6 is 11.3 Å². The Morgan fingerprint density at radius 3 is 3.19 bits per heavy atom. The van der Waals surface area contributed by atoms with Crippen molar-refractivity contribution in [1.82, 2.24) is 10.2 Å². The fourth-order valence-corrected chi connectivity index (χ4v) is 3.14. The van der Waals surface area contributed by atoms with Gasteiger partial charge in [0.1, 0.15) is 0 Å². The van der Waals surface area contributed by atoms with Crippen molar-refractivity contribution in [2.45, 2.75) is 38.8 Å². The van der Waals surface area contributed by atoms with Crippen LogP contribution in [0.2, 0.25) is 0 Å². The number of nitrogens with one attached hydrogen (secondary N) is 1. The molecule has 0 radical (unpaired) electrons. The number of thiophene rings is 1. The molecule has 0 aromatic carbocycles. The van der Waals surface area contributed by atoms with E-state index in [9.17, 15) is 0 Å². The minimum Gasteiger partial charge on any atom is -0.315 e. The normalized spacial score (nSPS) is 22.4. The molecule has 90 valence electrons. The number of likely N-dealkylation sites (tertiary alicyclic amines) is 1. The quantitative estimate of drug-likeness (QED) is 0.848. The highest BCUT2D eigenvalue weighted by Gasteiger charge is 2.21. The van der Waals surface area contributed by atoms with Crippen LogP contribution in [-0.2, 0) is 6.54 Å². The molecule has 1 unspecified atom stereocenters. The number of rotatable bonds is 5. The summed E-state index contributed by atoms with van der Waals surface area (Å²) < 4.78 is 0. The maximum Gasteiger partial charge on any atom is 0.0331 e. The van der Waals surface area contributed by atoms with Crippen LogP contribution < -0.4 is 5.32 Å². The van der Waals surface area contributed by atoms with Crippen molar-refractivity contribution in [1.29, 1.82) is 0 Å². The van der Waals surface area contributed by atoms with Gasteiger partial charge in [0.05, 0.1) is 0 Å². The molecule has 0 bridgehead atoms. The predicted molar refractivity (Wildman–Crippen MR) is 70.9 cm³/mol. The van der Waals surface area contributed by atoms with Crippen LogP contribution in [0.25, 0.3) is 0 Å². The third-order valence-corrected chi connectivity index (χ3v) is 4.18. The summed E-state index contributed by atoms with van der Waals surface area (Å²) in [6.07, 6.45) is 4.13. The third-order valence-electron chi connectivity index (χ3n) is 3.32. The zero-order chi connectivity index (χ0) is 11.2. The molecule has 0 spiro atoms. The molecule has 1 aromatic heterocycles. The van der Waals surface area contributed by atoms with Crippen LogP contribution in [-0.4, -0.2) is 30.6 Å². The Balaban J connectivity index is 1.88. The molecular weight excluding hydrogens is 216 g/mol. The van der Waals surface area contributed by atoms with Gasteiger partial charge in [-0.15, -0.1) is 11.3 Å². The monoisotopic (exact) mass is 238 g/mol. The van der Waals surface area contributed by atoms with E-state index in [0.717, 1.165) is 25.7 Å². The summed E-state index contributed by atoms with van der Waals surface area (Å²) in [5, 5.41) is 5.67. The first-order chi connectivity index (χ1) is 7.90. The van der Waals surface area contributed by atoms with Crippen molar-refractivity contribution in [3.8, 4) is 0 Å². The Bertz CT molecular complexity index is 284. The minimum absolute atomic E-state index is 0.746. The van der Waals surface area contributed by atoms with Gasteiger partial charge >= 0.3 is 0 Å². The molecule has 16 heavy (non-hydrogen) atoms. The molecule has 1 saturated heterocycles. The maximum absolute atomic E-state index is 3.49. The highest BCUT2D eigenvalue weighted by molar-refractivity contribution is 7.09. The van der Waals surface area contributed by atoms with E-state index < -0.39 is 0 Å². The van der Waals surface area contributed by atoms with Gasteiger partial charge in [-0.1, -0.05) is 19.4 Å². The zero-order valence-corrected chi connectivity index (χ0v) is 10.9. The molecule has 2 nitrogen and oxygen atoms in total. The molecule has 1 aromatic rings. The van der Waals surface area contributed by atoms with Crippen LogP contribution in [0.3, 0.4) is 0 Å². The first-order valence-electron chi connectivity index (χ1n) is 6.37. The molecule has 1 aliphatic rings. The van der Waals surface area contributed by atoms with Crippen LogP contribution in [0.4, 0.5) is 0 Å². The van der Waals surface area contributed by atoms with E-state index in [1.165, 1.54) is 30.7 Å². The van der Waals surface area contributed by atoms with E-state index in [1.54, 1.807) is 0 Å². The van der Waals surface area contributed by atoms with E-state index in [0.29, 0.717) is 0 Å². The lowest BCUT2D eigenvalue weighted by Crippen LogP contribution is -2.44. The smallest absolute Gasteiger partial charge is 0.0331 e. The predicted octanol–water partition coefficient (Wildman–Crippen LogP) is 2.71. The van der Waals surface area contributed by atoms with Gasteiger partial charge in [0.25, 0.3) is 0 Å². The van der Waals surface area contributed by atoms with Crippen LogP contribution in [0.1, 0.15) is 31.1 Å². The highest BCUT2D eigenvalue weighted by Crippen LogP contribution is 2.21. The second-order valence-corrected chi connectivity index (χ2v) is 5.54. The topological polar surface area (TPSA) is 15.3 Å². The molecule has 0 amide bonds. The molecule has 1 N–H and O–H groups in total. The van der Waals surface area contributed by atoms with Crippen LogP contribution in [0.5, 0.6) is 0 Å². The van der Waals surface area contributed by atoms with E-state index in [4.69, 9.17) is 0 Å². The van der Waals surface area contributed by atoms with Crippen molar-refractivity contribution in [3.63, 3.8) is 0 Å². The lowest BCUT2D eigenvalue weighted by Gasteiger charge is -2.35. The molecule has 3 heteroatoms. The number of likely N-dealkylation sites (N-methyl/N-ethyl adjacent to an activating group) is 1. The van der Waals surface area contributed by atoms with E-state index in [-0.39, 0.29) is 0 Å². The van der Waals surface area contributed by atoms with Gasteiger partial charge in [-0.25, -0.2) is 0 Å². The molecule has 1 fully saturated rings. The van der Waals surface area contributed by atoms with Gasteiger partial charge < -0.3 is 5.32 Å². The largest absolute Gasteiger partial charge is 0.315 e. The Hall–Kier alpha value is -0.380. The van der Waals surface area contributed by atoms with Gasteiger partial charge in [0.15, 0.2) is 0 Å². The standard InChI is InChI=1S/C13H22N2S/c1-2-14-10-12-6-3-4-8-15(12)11-13-7-5-9-16-13/h5,7,9,12,14H,2-4,6,8,10-11H2,1H3. The summed E-state index contributed by atoms with van der Waals surface area (Å²) in [6.45, 7) is 6.85. The lowest BCUT2D eigenvalue weighted by atomic mass is 10.0. The molecule has 1 aliphatic heterocycles. The summed E-state index contributed by atoms with van der Waals surface area (Å²) >= 11 is 1.88. The Morgan fingerprint density at radius 1 is 1.50 bits per heavy atom. The average Bonchev–Trinajstić information content (AvgIpc) is 2.81. The Morgan fingerprint density at radius 2 is 2.44 bits per heavy atom. The van der Waals surface area contributed by atoms with Crippen LogP contribution in [0.15, 0.2) is 17.5 Å². The van der Waals surface area contributed by atoms with E-state index in [1.807, 2.05) is 11.3 Å². The second-order valence-electron chi connectivity index (χ2n) is 4.51.